The average Bonchev–Trinajstić information content (AvgIpc) is 2.45. The van der Waals surface area contributed by atoms with Crippen LogP contribution >= 0.6 is 7.80 Å². The molecule has 0 N–H and O–H groups in total. The van der Waals surface area contributed by atoms with Crippen LogP contribution in [0.4, 0.5) is 0 Å². The molecule has 118 valence electrons. The largest absolute Gasteiger partial charge is 0.317 e. The Bertz CT molecular complexity index is 628. The lowest BCUT2D eigenvalue weighted by molar-refractivity contribution is 0.582. The van der Waals surface area contributed by atoms with E-state index in [9.17, 15) is 4.57 Å². The van der Waals surface area contributed by atoms with Gasteiger partial charge >= 0.3 is 0 Å². The molecule has 0 radical (unpaired) electrons. The van der Waals surface area contributed by atoms with Crippen molar-refractivity contribution in [1.82, 2.24) is 0 Å². The van der Waals surface area contributed by atoms with Gasteiger partial charge < -0.3 is 4.57 Å². The summed E-state index contributed by atoms with van der Waals surface area (Å²) in [5.74, 6) is 0. The summed E-state index contributed by atoms with van der Waals surface area (Å²) >= 11 is 0. The minimum absolute atomic E-state index is 0.00635. The topological polar surface area (TPSA) is 17.1 Å². The lowest BCUT2D eigenvalue weighted by Crippen LogP contribution is -2.26. The van der Waals surface area contributed by atoms with Crippen molar-refractivity contribution in [2.24, 2.45) is 0 Å². The molecule has 0 atom stereocenters. The molecule has 0 saturated heterocycles. The van der Waals surface area contributed by atoms with Gasteiger partial charge in [0.2, 0.25) is 0 Å². The van der Waals surface area contributed by atoms with Gasteiger partial charge in [0.05, 0.1) is 0 Å². The zero-order chi connectivity index (χ0) is 16.5. The molecule has 0 aliphatic rings. The van der Waals surface area contributed by atoms with Gasteiger partial charge in [-0.2, -0.15) is 0 Å². The number of benzene rings is 2. The van der Waals surface area contributed by atoms with Gasteiger partial charge in [-0.15, -0.1) is 0 Å². The summed E-state index contributed by atoms with van der Waals surface area (Å²) in [7, 11) is -2.02. The maximum atomic E-state index is 13.4. The van der Waals surface area contributed by atoms with Crippen molar-refractivity contribution >= 4 is 18.4 Å². The van der Waals surface area contributed by atoms with Gasteiger partial charge in [0.15, 0.2) is 0 Å². The summed E-state index contributed by atoms with van der Waals surface area (Å²) in [6.07, 6.45) is 0. The van der Waals surface area contributed by atoms with Gasteiger partial charge in [-0.05, 0) is 22.0 Å². The normalized spacial score (nSPS) is 12.7. The molecule has 0 amide bonds. The highest BCUT2D eigenvalue weighted by Gasteiger charge is 2.25. The summed E-state index contributed by atoms with van der Waals surface area (Å²) in [4.78, 5) is 0. The second kappa shape index (κ2) is 6.05. The van der Waals surface area contributed by atoms with Gasteiger partial charge in [-0.25, -0.2) is 0 Å². The summed E-state index contributed by atoms with van der Waals surface area (Å²) in [5.41, 5.74) is 2.35. The minimum Gasteiger partial charge on any atom is -0.317 e. The molecular formula is C20H27OP. The summed E-state index contributed by atoms with van der Waals surface area (Å²) in [6.45, 7) is 13.1. The monoisotopic (exact) mass is 314 g/mol. The molecule has 0 fully saturated rings. The van der Waals surface area contributed by atoms with Crippen molar-refractivity contribution in [2.75, 3.05) is 0 Å². The standard InChI is InChI=1S/C20H27OP/c1-19(2,3)15-11-7-9-13-17(15)22(21)18-14-10-8-12-16(18)20(4,5)6/h7-14,22H,1-6H3. The van der Waals surface area contributed by atoms with Crippen molar-refractivity contribution in [3.05, 3.63) is 59.7 Å². The van der Waals surface area contributed by atoms with Crippen LogP contribution in [0.5, 0.6) is 0 Å². The molecule has 2 rings (SSSR count). The minimum atomic E-state index is -2.02. The summed E-state index contributed by atoms with van der Waals surface area (Å²) in [6, 6.07) is 16.3. The first-order valence-corrected chi connectivity index (χ1v) is 9.27. The third-order valence-corrected chi connectivity index (χ3v) is 5.81. The molecule has 0 aliphatic carbocycles. The second-order valence-electron chi connectivity index (χ2n) is 7.92. The van der Waals surface area contributed by atoms with Crippen LogP contribution in [0.1, 0.15) is 52.7 Å². The van der Waals surface area contributed by atoms with Gasteiger partial charge in [-0.3, -0.25) is 0 Å². The molecule has 0 saturated carbocycles. The third kappa shape index (κ3) is 3.52. The van der Waals surface area contributed by atoms with Gasteiger partial charge in [0.1, 0.15) is 7.80 Å². The lowest BCUT2D eigenvalue weighted by atomic mass is 9.87. The van der Waals surface area contributed by atoms with E-state index in [0.29, 0.717) is 0 Å². The van der Waals surface area contributed by atoms with Crippen LogP contribution in [0.25, 0.3) is 0 Å². The SMILES string of the molecule is CC(C)(C)c1ccccc1[PH](=O)c1ccccc1C(C)(C)C. The van der Waals surface area contributed by atoms with Crippen LogP contribution < -0.4 is 10.6 Å². The van der Waals surface area contributed by atoms with Crippen molar-refractivity contribution < 1.29 is 4.57 Å². The second-order valence-corrected chi connectivity index (χ2v) is 9.66. The molecule has 2 heteroatoms. The van der Waals surface area contributed by atoms with Crippen LogP contribution in [-0.4, -0.2) is 0 Å². The fourth-order valence-electron chi connectivity index (χ4n) is 2.82. The van der Waals surface area contributed by atoms with Crippen molar-refractivity contribution in [2.45, 2.75) is 52.4 Å². The first kappa shape index (κ1) is 17.0. The van der Waals surface area contributed by atoms with Crippen molar-refractivity contribution in [3.8, 4) is 0 Å². The Morgan fingerprint density at radius 2 is 0.955 bits per heavy atom. The van der Waals surface area contributed by atoms with E-state index >= 15 is 0 Å². The predicted molar refractivity (Wildman–Crippen MR) is 98.6 cm³/mol. The molecule has 0 aromatic heterocycles. The molecule has 2 aromatic carbocycles. The third-order valence-electron chi connectivity index (χ3n) is 3.96. The van der Waals surface area contributed by atoms with Crippen LogP contribution in [0.2, 0.25) is 0 Å². The molecule has 0 aliphatic heterocycles. The van der Waals surface area contributed by atoms with E-state index in [1.807, 2.05) is 36.4 Å². The van der Waals surface area contributed by atoms with E-state index in [-0.39, 0.29) is 10.8 Å². The van der Waals surface area contributed by atoms with Crippen LogP contribution in [0.3, 0.4) is 0 Å². The van der Waals surface area contributed by atoms with Crippen LogP contribution in [0, 0.1) is 0 Å². The summed E-state index contributed by atoms with van der Waals surface area (Å²) < 4.78 is 13.4. The number of hydrogen-bond acceptors (Lipinski definition) is 1. The highest BCUT2D eigenvalue weighted by Crippen LogP contribution is 2.32. The molecule has 22 heavy (non-hydrogen) atoms. The highest BCUT2D eigenvalue weighted by molar-refractivity contribution is 7.61. The Morgan fingerprint density at radius 3 is 1.27 bits per heavy atom. The predicted octanol–water partition coefficient (Wildman–Crippen LogP) is 4.79. The number of hydrogen-bond donors (Lipinski definition) is 0. The first-order valence-electron chi connectivity index (χ1n) is 7.86. The van der Waals surface area contributed by atoms with E-state index in [1.54, 1.807) is 0 Å². The fraction of sp³-hybridized carbons (Fsp3) is 0.400. The highest BCUT2D eigenvalue weighted by atomic mass is 31.1. The van der Waals surface area contributed by atoms with Crippen LogP contribution in [0.15, 0.2) is 48.5 Å². The Balaban J connectivity index is 2.61. The van der Waals surface area contributed by atoms with Crippen molar-refractivity contribution in [3.63, 3.8) is 0 Å². The quantitative estimate of drug-likeness (QED) is 0.728. The smallest absolute Gasteiger partial charge is 0.132 e. The lowest BCUT2D eigenvalue weighted by Gasteiger charge is -2.26. The molecular weight excluding hydrogens is 287 g/mol. The molecule has 0 spiro atoms. The zero-order valence-corrected chi connectivity index (χ0v) is 15.5. The van der Waals surface area contributed by atoms with E-state index in [1.165, 1.54) is 11.1 Å². The molecule has 0 heterocycles. The Hall–Kier alpha value is -1.33. The maximum Gasteiger partial charge on any atom is 0.132 e. The maximum absolute atomic E-state index is 13.4. The average molecular weight is 314 g/mol. The fourth-order valence-corrected chi connectivity index (χ4v) is 5.01. The van der Waals surface area contributed by atoms with Gasteiger partial charge in [0.25, 0.3) is 0 Å². The van der Waals surface area contributed by atoms with Crippen molar-refractivity contribution in [1.29, 1.82) is 0 Å². The van der Waals surface area contributed by atoms with Crippen LogP contribution in [-0.2, 0) is 15.4 Å². The molecule has 0 unspecified atom stereocenters. The first-order chi connectivity index (χ1) is 10.1. The Labute approximate surface area is 135 Å². The zero-order valence-electron chi connectivity index (χ0n) is 14.5. The number of rotatable bonds is 2. The van der Waals surface area contributed by atoms with E-state index in [2.05, 4.69) is 53.7 Å². The Morgan fingerprint density at radius 1 is 0.636 bits per heavy atom. The van der Waals surface area contributed by atoms with E-state index in [4.69, 9.17) is 0 Å². The van der Waals surface area contributed by atoms with Gasteiger partial charge in [-0.1, -0.05) is 90.1 Å². The molecule has 0 bridgehead atoms. The van der Waals surface area contributed by atoms with E-state index < -0.39 is 7.80 Å². The van der Waals surface area contributed by atoms with Gasteiger partial charge in [0, 0.05) is 10.6 Å². The Kier molecular flexibility index (Phi) is 4.68. The van der Waals surface area contributed by atoms with E-state index in [0.717, 1.165) is 10.6 Å². The molecule has 1 nitrogen and oxygen atoms in total. The molecule has 2 aromatic rings. The summed E-state index contributed by atoms with van der Waals surface area (Å²) in [5, 5.41) is 1.99.